The molecule has 0 aliphatic heterocycles. The van der Waals surface area contributed by atoms with Crippen molar-refractivity contribution < 1.29 is 14.3 Å². The summed E-state index contributed by atoms with van der Waals surface area (Å²) < 4.78 is 5.00. The van der Waals surface area contributed by atoms with Crippen molar-refractivity contribution >= 4 is 22.8 Å². The lowest BCUT2D eigenvalue weighted by Gasteiger charge is -2.04. The van der Waals surface area contributed by atoms with Crippen LogP contribution in [0.25, 0.3) is 0 Å². The van der Waals surface area contributed by atoms with Gasteiger partial charge in [-0.2, -0.15) is 0 Å². The standard InChI is InChI=1S/C12H14O3S/c1-3-12(14)15-8-10-5-4-6-11(7-10)16-9(2)13/h4-7H,3,8H2,1-2H3. The van der Waals surface area contributed by atoms with Crippen LogP contribution >= 0.6 is 11.8 Å². The predicted octanol–water partition coefficient (Wildman–Crippen LogP) is 2.78. The number of hydrogen-bond acceptors (Lipinski definition) is 4. The van der Waals surface area contributed by atoms with Crippen molar-refractivity contribution in [3.63, 3.8) is 0 Å². The summed E-state index contributed by atoms with van der Waals surface area (Å²) in [6, 6.07) is 7.43. The van der Waals surface area contributed by atoms with Crippen molar-refractivity contribution in [3.8, 4) is 0 Å². The maximum absolute atomic E-state index is 11.0. The number of thioether (sulfide) groups is 1. The average Bonchev–Trinajstić information content (AvgIpc) is 2.25. The molecule has 0 saturated carbocycles. The van der Waals surface area contributed by atoms with E-state index in [1.807, 2.05) is 24.3 Å². The van der Waals surface area contributed by atoms with Crippen molar-refractivity contribution in [2.24, 2.45) is 0 Å². The van der Waals surface area contributed by atoms with Crippen molar-refractivity contribution in [2.75, 3.05) is 0 Å². The third-order valence-corrected chi connectivity index (χ3v) is 2.63. The van der Waals surface area contributed by atoms with E-state index in [0.717, 1.165) is 10.5 Å². The molecule has 0 spiro atoms. The lowest BCUT2D eigenvalue weighted by Crippen LogP contribution is -2.02. The molecule has 1 rings (SSSR count). The summed E-state index contributed by atoms with van der Waals surface area (Å²) >= 11 is 1.17. The molecular weight excluding hydrogens is 224 g/mol. The molecule has 0 bridgehead atoms. The first-order chi connectivity index (χ1) is 7.61. The van der Waals surface area contributed by atoms with E-state index in [-0.39, 0.29) is 17.7 Å². The van der Waals surface area contributed by atoms with Crippen LogP contribution in [0.2, 0.25) is 0 Å². The van der Waals surface area contributed by atoms with Crippen molar-refractivity contribution in [1.82, 2.24) is 0 Å². The van der Waals surface area contributed by atoms with Crippen LogP contribution in [0.15, 0.2) is 29.2 Å². The maximum Gasteiger partial charge on any atom is 0.305 e. The highest BCUT2D eigenvalue weighted by molar-refractivity contribution is 8.13. The van der Waals surface area contributed by atoms with E-state index < -0.39 is 0 Å². The van der Waals surface area contributed by atoms with Gasteiger partial charge in [0.05, 0.1) is 0 Å². The molecule has 1 aromatic rings. The van der Waals surface area contributed by atoms with Crippen molar-refractivity contribution in [1.29, 1.82) is 0 Å². The molecule has 0 N–H and O–H groups in total. The largest absolute Gasteiger partial charge is 0.461 e. The van der Waals surface area contributed by atoms with Gasteiger partial charge in [0.15, 0.2) is 5.12 Å². The number of carbonyl (C=O) groups excluding carboxylic acids is 2. The highest BCUT2D eigenvalue weighted by Gasteiger charge is 2.02. The Hall–Kier alpha value is -1.29. The molecule has 0 unspecified atom stereocenters. The molecule has 16 heavy (non-hydrogen) atoms. The molecular formula is C12H14O3S. The normalized spacial score (nSPS) is 9.88. The van der Waals surface area contributed by atoms with E-state index in [9.17, 15) is 9.59 Å². The molecule has 0 heterocycles. The van der Waals surface area contributed by atoms with Gasteiger partial charge in [-0.15, -0.1) is 0 Å². The lowest BCUT2D eigenvalue weighted by atomic mass is 10.2. The first-order valence-corrected chi connectivity index (χ1v) is 5.86. The lowest BCUT2D eigenvalue weighted by molar-refractivity contribution is -0.144. The van der Waals surface area contributed by atoms with Gasteiger partial charge in [0.25, 0.3) is 0 Å². The van der Waals surface area contributed by atoms with Gasteiger partial charge in [0.1, 0.15) is 6.61 Å². The molecule has 3 nitrogen and oxygen atoms in total. The minimum atomic E-state index is -0.218. The SMILES string of the molecule is CCC(=O)OCc1cccc(SC(C)=O)c1. The third kappa shape index (κ3) is 4.49. The Bertz CT molecular complexity index is 388. The molecule has 0 saturated heterocycles. The predicted molar refractivity (Wildman–Crippen MR) is 63.1 cm³/mol. The molecule has 0 atom stereocenters. The van der Waals surface area contributed by atoms with Crippen LogP contribution in [0.4, 0.5) is 0 Å². The quantitative estimate of drug-likeness (QED) is 0.597. The first kappa shape index (κ1) is 12.8. The Balaban J connectivity index is 2.60. The first-order valence-electron chi connectivity index (χ1n) is 5.04. The van der Waals surface area contributed by atoms with Crippen LogP contribution in [-0.4, -0.2) is 11.1 Å². The molecule has 0 amide bonds. The van der Waals surface area contributed by atoms with E-state index in [4.69, 9.17) is 4.74 Å². The van der Waals surface area contributed by atoms with Gasteiger partial charge in [-0.25, -0.2) is 0 Å². The van der Waals surface area contributed by atoms with E-state index in [2.05, 4.69) is 0 Å². The molecule has 1 aromatic carbocycles. The fourth-order valence-electron chi connectivity index (χ4n) is 1.13. The Morgan fingerprint density at radius 2 is 2.12 bits per heavy atom. The third-order valence-electron chi connectivity index (χ3n) is 1.85. The van der Waals surface area contributed by atoms with E-state index in [1.54, 1.807) is 6.92 Å². The van der Waals surface area contributed by atoms with Gasteiger partial charge in [-0.1, -0.05) is 30.8 Å². The number of benzene rings is 1. The monoisotopic (exact) mass is 238 g/mol. The highest BCUT2D eigenvalue weighted by Crippen LogP contribution is 2.20. The summed E-state index contributed by atoms with van der Waals surface area (Å²) in [6.07, 6.45) is 0.377. The Labute approximate surface area is 99.2 Å². The molecule has 0 aromatic heterocycles. The Kier molecular flexibility index (Phi) is 5.05. The zero-order chi connectivity index (χ0) is 12.0. The minimum absolute atomic E-state index is 0.0442. The Morgan fingerprint density at radius 3 is 2.75 bits per heavy atom. The number of carbonyl (C=O) groups is 2. The topological polar surface area (TPSA) is 43.4 Å². The van der Waals surface area contributed by atoms with Crippen LogP contribution in [-0.2, 0) is 20.9 Å². The molecule has 86 valence electrons. The van der Waals surface area contributed by atoms with Gasteiger partial charge in [-0.05, 0) is 17.7 Å². The summed E-state index contributed by atoms with van der Waals surface area (Å²) in [6.45, 7) is 3.54. The second-order valence-electron chi connectivity index (χ2n) is 3.26. The molecule has 4 heteroatoms. The van der Waals surface area contributed by atoms with Crippen LogP contribution in [0.3, 0.4) is 0 Å². The van der Waals surface area contributed by atoms with Crippen LogP contribution < -0.4 is 0 Å². The number of hydrogen-bond donors (Lipinski definition) is 0. The second kappa shape index (κ2) is 6.33. The van der Waals surface area contributed by atoms with Crippen LogP contribution in [0, 0.1) is 0 Å². The zero-order valence-electron chi connectivity index (χ0n) is 9.36. The fraction of sp³-hybridized carbons (Fsp3) is 0.333. The van der Waals surface area contributed by atoms with Gasteiger partial charge < -0.3 is 4.74 Å². The molecule has 0 aliphatic carbocycles. The summed E-state index contributed by atoms with van der Waals surface area (Å²) in [5, 5.41) is 0.0442. The van der Waals surface area contributed by atoms with Gasteiger partial charge in [0, 0.05) is 18.2 Å². The molecule has 0 fully saturated rings. The maximum atomic E-state index is 11.0. The van der Waals surface area contributed by atoms with Crippen molar-refractivity contribution in [3.05, 3.63) is 29.8 Å². The zero-order valence-corrected chi connectivity index (χ0v) is 10.2. The fourth-order valence-corrected chi connectivity index (χ4v) is 1.82. The minimum Gasteiger partial charge on any atom is -0.461 e. The Morgan fingerprint density at radius 1 is 1.38 bits per heavy atom. The van der Waals surface area contributed by atoms with E-state index in [0.29, 0.717) is 6.42 Å². The smallest absolute Gasteiger partial charge is 0.305 e. The van der Waals surface area contributed by atoms with Crippen LogP contribution in [0.1, 0.15) is 25.8 Å². The van der Waals surface area contributed by atoms with Gasteiger partial charge >= 0.3 is 5.97 Å². The van der Waals surface area contributed by atoms with E-state index in [1.165, 1.54) is 18.7 Å². The summed E-state index contributed by atoms with van der Waals surface area (Å²) in [5.74, 6) is -0.218. The number of esters is 1. The van der Waals surface area contributed by atoms with Gasteiger partial charge in [0.2, 0.25) is 0 Å². The number of rotatable bonds is 4. The van der Waals surface area contributed by atoms with Crippen LogP contribution in [0.5, 0.6) is 0 Å². The molecule has 0 aliphatic rings. The summed E-state index contributed by atoms with van der Waals surface area (Å²) in [5.41, 5.74) is 0.896. The van der Waals surface area contributed by atoms with Gasteiger partial charge in [-0.3, -0.25) is 9.59 Å². The van der Waals surface area contributed by atoms with E-state index >= 15 is 0 Å². The average molecular weight is 238 g/mol. The highest BCUT2D eigenvalue weighted by atomic mass is 32.2. The molecule has 0 radical (unpaired) electrons. The number of ether oxygens (including phenoxy) is 1. The second-order valence-corrected chi connectivity index (χ2v) is 4.51. The summed E-state index contributed by atoms with van der Waals surface area (Å²) in [4.78, 5) is 22.8. The van der Waals surface area contributed by atoms with Crippen molar-refractivity contribution in [2.45, 2.75) is 31.8 Å². The summed E-state index contributed by atoms with van der Waals surface area (Å²) in [7, 11) is 0.